The van der Waals surface area contributed by atoms with Gasteiger partial charge in [0.15, 0.2) is 0 Å². The third-order valence-electron chi connectivity index (χ3n) is 3.91. The normalized spacial score (nSPS) is 15.8. The summed E-state index contributed by atoms with van der Waals surface area (Å²) < 4.78 is 5.77. The van der Waals surface area contributed by atoms with Crippen molar-refractivity contribution in [2.45, 2.75) is 20.8 Å². The molecule has 0 aliphatic carbocycles. The van der Waals surface area contributed by atoms with Crippen LogP contribution in [0.4, 0.5) is 6.01 Å². The van der Waals surface area contributed by atoms with Crippen molar-refractivity contribution in [3.63, 3.8) is 0 Å². The Morgan fingerprint density at radius 2 is 1.70 bits per heavy atom. The number of amides is 1. The van der Waals surface area contributed by atoms with Crippen molar-refractivity contribution in [1.82, 2.24) is 15.1 Å². The molecular weight excluding hydrogens is 292 g/mol. The van der Waals surface area contributed by atoms with Gasteiger partial charge in [-0.2, -0.15) is 0 Å². The number of piperazine rings is 1. The van der Waals surface area contributed by atoms with Crippen molar-refractivity contribution in [1.29, 1.82) is 0 Å². The average Bonchev–Trinajstić information content (AvgIpc) is 3.04. The molecule has 0 N–H and O–H groups in total. The minimum Gasteiger partial charge on any atom is -0.403 e. The number of aromatic nitrogens is 2. The molecule has 2 aromatic rings. The Kier molecular flexibility index (Phi) is 4.07. The van der Waals surface area contributed by atoms with Crippen molar-refractivity contribution in [2.24, 2.45) is 5.41 Å². The first kappa shape index (κ1) is 15.5. The van der Waals surface area contributed by atoms with Crippen molar-refractivity contribution in [2.75, 3.05) is 31.1 Å². The lowest BCUT2D eigenvalue weighted by molar-refractivity contribution is -0.139. The van der Waals surface area contributed by atoms with Gasteiger partial charge in [0.05, 0.1) is 0 Å². The molecule has 23 heavy (non-hydrogen) atoms. The van der Waals surface area contributed by atoms with E-state index < -0.39 is 0 Å². The molecule has 1 aliphatic heterocycles. The van der Waals surface area contributed by atoms with Gasteiger partial charge in [-0.25, -0.2) is 0 Å². The van der Waals surface area contributed by atoms with Crippen LogP contribution in [0.3, 0.4) is 0 Å². The monoisotopic (exact) mass is 314 g/mol. The highest BCUT2D eigenvalue weighted by atomic mass is 16.4. The van der Waals surface area contributed by atoms with Gasteiger partial charge < -0.3 is 14.2 Å². The van der Waals surface area contributed by atoms with Crippen LogP contribution in [0.15, 0.2) is 34.7 Å². The molecule has 0 radical (unpaired) electrons. The number of anilines is 1. The Morgan fingerprint density at radius 1 is 1.04 bits per heavy atom. The third kappa shape index (κ3) is 3.36. The summed E-state index contributed by atoms with van der Waals surface area (Å²) in [6.07, 6.45) is 0. The quantitative estimate of drug-likeness (QED) is 0.852. The summed E-state index contributed by atoms with van der Waals surface area (Å²) in [5.41, 5.74) is 0.570. The van der Waals surface area contributed by atoms with Crippen LogP contribution in [-0.2, 0) is 4.79 Å². The van der Waals surface area contributed by atoms with Crippen LogP contribution in [-0.4, -0.2) is 47.2 Å². The predicted octanol–water partition coefficient (Wildman–Crippen LogP) is 2.43. The largest absolute Gasteiger partial charge is 0.403 e. The summed E-state index contributed by atoms with van der Waals surface area (Å²) >= 11 is 0. The molecule has 0 unspecified atom stereocenters. The Labute approximate surface area is 136 Å². The molecule has 2 heterocycles. The van der Waals surface area contributed by atoms with Crippen molar-refractivity contribution >= 4 is 11.9 Å². The van der Waals surface area contributed by atoms with Gasteiger partial charge in [0, 0.05) is 37.2 Å². The minimum absolute atomic E-state index is 0.188. The lowest BCUT2D eigenvalue weighted by Gasteiger charge is -2.36. The van der Waals surface area contributed by atoms with Crippen LogP contribution in [0.25, 0.3) is 11.5 Å². The second-order valence-electron chi connectivity index (χ2n) is 6.79. The molecule has 1 amide bonds. The van der Waals surface area contributed by atoms with Crippen molar-refractivity contribution in [3.05, 3.63) is 30.3 Å². The van der Waals surface area contributed by atoms with Crippen LogP contribution in [0.2, 0.25) is 0 Å². The molecule has 6 heteroatoms. The molecule has 1 saturated heterocycles. The molecule has 6 nitrogen and oxygen atoms in total. The van der Waals surface area contributed by atoms with E-state index in [9.17, 15) is 4.79 Å². The van der Waals surface area contributed by atoms with Crippen LogP contribution < -0.4 is 4.90 Å². The van der Waals surface area contributed by atoms with E-state index in [-0.39, 0.29) is 11.3 Å². The van der Waals surface area contributed by atoms with E-state index in [1.165, 1.54) is 0 Å². The first-order valence-corrected chi connectivity index (χ1v) is 7.88. The van der Waals surface area contributed by atoms with E-state index in [0.29, 0.717) is 38.1 Å². The Bertz CT molecular complexity index is 667. The number of benzene rings is 1. The maximum absolute atomic E-state index is 12.3. The molecule has 0 bridgehead atoms. The van der Waals surface area contributed by atoms with Gasteiger partial charge in [0.2, 0.25) is 11.8 Å². The predicted molar refractivity (Wildman–Crippen MR) is 88.0 cm³/mol. The lowest BCUT2D eigenvalue weighted by atomic mass is 9.94. The Hall–Kier alpha value is -2.37. The second-order valence-corrected chi connectivity index (χ2v) is 6.79. The average molecular weight is 314 g/mol. The van der Waals surface area contributed by atoms with Gasteiger partial charge >= 0.3 is 6.01 Å². The number of rotatable bonds is 2. The highest BCUT2D eigenvalue weighted by molar-refractivity contribution is 5.81. The lowest BCUT2D eigenvalue weighted by Crippen LogP contribution is -2.51. The van der Waals surface area contributed by atoms with E-state index >= 15 is 0 Å². The van der Waals surface area contributed by atoms with Crippen LogP contribution in [0.5, 0.6) is 0 Å². The fraction of sp³-hybridized carbons (Fsp3) is 0.471. The molecule has 122 valence electrons. The Morgan fingerprint density at radius 3 is 2.30 bits per heavy atom. The first-order valence-electron chi connectivity index (χ1n) is 7.88. The zero-order chi connectivity index (χ0) is 16.4. The van der Waals surface area contributed by atoms with E-state index in [4.69, 9.17) is 4.42 Å². The SMILES string of the molecule is CC(C)(C)C(=O)N1CCN(c2nnc(-c3ccccc3)o2)CC1. The van der Waals surface area contributed by atoms with Gasteiger partial charge in [-0.3, -0.25) is 4.79 Å². The van der Waals surface area contributed by atoms with Gasteiger partial charge in [0.25, 0.3) is 0 Å². The zero-order valence-electron chi connectivity index (χ0n) is 13.8. The summed E-state index contributed by atoms with van der Waals surface area (Å²) in [5, 5.41) is 8.26. The highest BCUT2D eigenvalue weighted by Gasteiger charge is 2.30. The van der Waals surface area contributed by atoms with Crippen molar-refractivity contribution < 1.29 is 9.21 Å². The third-order valence-corrected chi connectivity index (χ3v) is 3.91. The van der Waals surface area contributed by atoms with E-state index in [1.54, 1.807) is 0 Å². The summed E-state index contributed by atoms with van der Waals surface area (Å²) in [6.45, 7) is 8.62. The molecule has 1 aromatic heterocycles. The molecule has 0 atom stereocenters. The number of hydrogen-bond acceptors (Lipinski definition) is 5. The topological polar surface area (TPSA) is 62.5 Å². The van der Waals surface area contributed by atoms with E-state index in [0.717, 1.165) is 5.56 Å². The number of carbonyl (C=O) groups excluding carboxylic acids is 1. The fourth-order valence-corrected chi connectivity index (χ4v) is 2.62. The highest BCUT2D eigenvalue weighted by Crippen LogP contribution is 2.24. The van der Waals surface area contributed by atoms with E-state index in [2.05, 4.69) is 10.2 Å². The van der Waals surface area contributed by atoms with Gasteiger partial charge in [-0.05, 0) is 12.1 Å². The Balaban J connectivity index is 1.65. The van der Waals surface area contributed by atoms with E-state index in [1.807, 2.05) is 60.9 Å². The van der Waals surface area contributed by atoms with Crippen LogP contribution >= 0.6 is 0 Å². The van der Waals surface area contributed by atoms with Gasteiger partial charge in [-0.15, -0.1) is 5.10 Å². The summed E-state index contributed by atoms with van der Waals surface area (Å²) in [7, 11) is 0. The smallest absolute Gasteiger partial charge is 0.318 e. The number of nitrogens with zero attached hydrogens (tertiary/aromatic N) is 4. The molecule has 1 aromatic carbocycles. The van der Waals surface area contributed by atoms with Crippen molar-refractivity contribution in [3.8, 4) is 11.5 Å². The zero-order valence-corrected chi connectivity index (χ0v) is 13.8. The molecule has 1 aliphatic rings. The molecular formula is C17H22N4O2. The number of carbonyl (C=O) groups is 1. The summed E-state index contributed by atoms with van der Waals surface area (Å²) in [4.78, 5) is 16.2. The van der Waals surface area contributed by atoms with Gasteiger partial charge in [0.1, 0.15) is 0 Å². The first-order chi connectivity index (χ1) is 10.9. The fourth-order valence-electron chi connectivity index (χ4n) is 2.62. The minimum atomic E-state index is -0.340. The maximum atomic E-state index is 12.3. The number of hydrogen-bond donors (Lipinski definition) is 0. The molecule has 1 fully saturated rings. The molecule has 0 saturated carbocycles. The van der Waals surface area contributed by atoms with Gasteiger partial charge in [-0.1, -0.05) is 44.1 Å². The standard InChI is InChI=1S/C17H22N4O2/c1-17(2,3)15(22)20-9-11-21(12-10-20)16-19-18-14(23-16)13-7-5-4-6-8-13/h4-8H,9-12H2,1-3H3. The summed E-state index contributed by atoms with van der Waals surface area (Å²) in [5.74, 6) is 0.710. The second kappa shape index (κ2) is 6.02. The van der Waals surface area contributed by atoms with Crippen LogP contribution in [0, 0.1) is 5.41 Å². The molecule has 0 spiro atoms. The molecule has 3 rings (SSSR count). The summed E-state index contributed by atoms with van der Waals surface area (Å²) in [6, 6.07) is 10.2. The van der Waals surface area contributed by atoms with Crippen LogP contribution in [0.1, 0.15) is 20.8 Å². The maximum Gasteiger partial charge on any atom is 0.318 e.